The Labute approximate surface area is 235 Å². The Hall–Kier alpha value is -4.77. The summed E-state index contributed by atoms with van der Waals surface area (Å²) in [5.41, 5.74) is 4.45. The third kappa shape index (κ3) is 6.80. The van der Waals surface area contributed by atoms with Gasteiger partial charge in [-0.25, -0.2) is 15.0 Å². The van der Waals surface area contributed by atoms with Crippen molar-refractivity contribution in [2.45, 2.75) is 19.9 Å². The van der Waals surface area contributed by atoms with E-state index < -0.39 is 23.9 Å². The molecule has 0 saturated carbocycles. The summed E-state index contributed by atoms with van der Waals surface area (Å²) >= 11 is 5.92. The van der Waals surface area contributed by atoms with E-state index in [2.05, 4.69) is 21.2 Å². The van der Waals surface area contributed by atoms with Crippen molar-refractivity contribution in [3.05, 3.63) is 82.2 Å². The summed E-state index contributed by atoms with van der Waals surface area (Å²) in [5.74, 6) is 0.591. The van der Waals surface area contributed by atoms with Gasteiger partial charge in [-0.05, 0) is 67.9 Å². The number of rotatable bonds is 10. The van der Waals surface area contributed by atoms with Crippen LogP contribution in [-0.4, -0.2) is 44.4 Å². The number of esters is 1. The molecule has 0 unspecified atom stereocenters. The summed E-state index contributed by atoms with van der Waals surface area (Å²) in [4.78, 5) is 36.9. The number of nitrogens with one attached hydrogen (secondary N) is 3. The average molecular weight is 567 g/mol. The summed E-state index contributed by atoms with van der Waals surface area (Å²) in [6.07, 6.45) is 1.37. The van der Waals surface area contributed by atoms with Crippen molar-refractivity contribution in [3.63, 3.8) is 0 Å². The molecule has 1 aromatic heterocycles. The van der Waals surface area contributed by atoms with Gasteiger partial charge < -0.3 is 29.3 Å². The van der Waals surface area contributed by atoms with Gasteiger partial charge in [0.05, 0.1) is 31.5 Å². The van der Waals surface area contributed by atoms with Gasteiger partial charge in [0.25, 0.3) is 5.91 Å². The zero-order chi connectivity index (χ0) is 28.6. The number of amides is 3. The van der Waals surface area contributed by atoms with Crippen LogP contribution < -0.4 is 25.5 Å². The lowest BCUT2D eigenvalue weighted by Crippen LogP contribution is -2.45. The molecule has 1 aliphatic rings. The van der Waals surface area contributed by atoms with Crippen molar-refractivity contribution in [1.29, 1.82) is 0 Å². The van der Waals surface area contributed by atoms with Crippen LogP contribution in [0, 0.1) is 0 Å². The first-order valence-corrected chi connectivity index (χ1v) is 12.6. The number of halogens is 1. The van der Waals surface area contributed by atoms with Crippen LogP contribution in [-0.2, 0) is 14.3 Å². The van der Waals surface area contributed by atoms with Crippen molar-refractivity contribution in [3.8, 4) is 22.8 Å². The molecule has 0 aliphatic carbocycles. The molecule has 40 heavy (non-hydrogen) atoms. The smallest absolute Gasteiger partial charge is 0.338 e. The molecule has 2 heterocycles. The van der Waals surface area contributed by atoms with Gasteiger partial charge in [-0.3, -0.25) is 4.79 Å². The molecule has 3 amide bonds. The fourth-order valence-electron chi connectivity index (χ4n) is 3.94. The van der Waals surface area contributed by atoms with Crippen LogP contribution in [0.2, 0.25) is 5.02 Å². The number of carbonyl (C=O) groups excluding carboxylic acids is 3. The van der Waals surface area contributed by atoms with E-state index in [-0.39, 0.29) is 24.5 Å². The van der Waals surface area contributed by atoms with Crippen molar-refractivity contribution in [2.24, 2.45) is 5.10 Å². The highest BCUT2D eigenvalue weighted by molar-refractivity contribution is 6.30. The molecule has 2 aromatic carbocycles. The van der Waals surface area contributed by atoms with Crippen LogP contribution in [0.1, 0.15) is 31.2 Å². The van der Waals surface area contributed by atoms with Crippen LogP contribution in [0.4, 0.5) is 4.79 Å². The van der Waals surface area contributed by atoms with Gasteiger partial charge >= 0.3 is 12.0 Å². The maximum absolute atomic E-state index is 12.6. The lowest BCUT2D eigenvalue weighted by molar-refractivity contribution is -0.139. The molecule has 12 heteroatoms. The minimum atomic E-state index is -0.768. The quantitative estimate of drug-likeness (QED) is 0.188. The Morgan fingerprint density at radius 2 is 1.90 bits per heavy atom. The van der Waals surface area contributed by atoms with Crippen molar-refractivity contribution < 1.29 is 33.0 Å². The van der Waals surface area contributed by atoms with E-state index in [1.807, 2.05) is 12.1 Å². The molecule has 1 aliphatic heterocycles. The van der Waals surface area contributed by atoms with E-state index >= 15 is 0 Å². The van der Waals surface area contributed by atoms with Gasteiger partial charge in [-0.15, -0.1) is 0 Å². The van der Waals surface area contributed by atoms with E-state index in [1.54, 1.807) is 56.3 Å². The van der Waals surface area contributed by atoms with Crippen LogP contribution in [0.5, 0.6) is 11.5 Å². The maximum atomic E-state index is 12.6. The largest absolute Gasteiger partial charge is 0.493 e. The van der Waals surface area contributed by atoms with E-state index in [1.165, 1.54) is 13.3 Å². The lowest BCUT2D eigenvalue weighted by Gasteiger charge is -2.28. The van der Waals surface area contributed by atoms with E-state index in [9.17, 15) is 14.4 Å². The number of furan rings is 1. The summed E-state index contributed by atoms with van der Waals surface area (Å²) in [5, 5.41) is 9.84. The molecule has 0 radical (unpaired) electrons. The van der Waals surface area contributed by atoms with Crippen molar-refractivity contribution in [1.82, 2.24) is 16.1 Å². The van der Waals surface area contributed by atoms with Crippen LogP contribution in [0.3, 0.4) is 0 Å². The number of urea groups is 1. The van der Waals surface area contributed by atoms with Gasteiger partial charge in [0.2, 0.25) is 0 Å². The number of benzene rings is 2. The summed E-state index contributed by atoms with van der Waals surface area (Å²) in [7, 11) is 1.44. The number of ether oxygens (including phenoxy) is 3. The number of nitrogens with zero attached hydrogens (tertiary/aromatic N) is 1. The second-order valence-electron chi connectivity index (χ2n) is 8.49. The van der Waals surface area contributed by atoms with Crippen LogP contribution in [0.25, 0.3) is 11.3 Å². The summed E-state index contributed by atoms with van der Waals surface area (Å²) in [6.45, 7) is 3.16. The predicted molar refractivity (Wildman–Crippen MR) is 147 cm³/mol. The van der Waals surface area contributed by atoms with Gasteiger partial charge in [-0.1, -0.05) is 17.7 Å². The van der Waals surface area contributed by atoms with Crippen LogP contribution >= 0.6 is 11.6 Å². The maximum Gasteiger partial charge on any atom is 0.338 e. The van der Waals surface area contributed by atoms with Gasteiger partial charge in [0.15, 0.2) is 18.1 Å². The minimum Gasteiger partial charge on any atom is -0.493 e. The number of allylic oxidation sites excluding steroid dienone is 1. The van der Waals surface area contributed by atoms with Crippen molar-refractivity contribution >= 4 is 35.7 Å². The summed E-state index contributed by atoms with van der Waals surface area (Å²) in [6, 6.07) is 14.3. The molecular formula is C28H27ClN4O7. The number of hydrogen-bond donors (Lipinski definition) is 3. The highest BCUT2D eigenvalue weighted by Gasteiger charge is 2.32. The zero-order valence-corrected chi connectivity index (χ0v) is 22.7. The Morgan fingerprint density at radius 1 is 1.12 bits per heavy atom. The molecule has 208 valence electrons. The first-order chi connectivity index (χ1) is 19.3. The molecule has 0 saturated heterocycles. The first kappa shape index (κ1) is 28.2. The molecule has 1 atom stereocenters. The Morgan fingerprint density at radius 3 is 2.62 bits per heavy atom. The topological polar surface area (TPSA) is 140 Å². The first-order valence-electron chi connectivity index (χ1n) is 12.2. The summed E-state index contributed by atoms with van der Waals surface area (Å²) < 4.78 is 21.9. The van der Waals surface area contributed by atoms with E-state index in [4.69, 9.17) is 30.2 Å². The SMILES string of the molecule is CCOC(=O)C1=C(C)NC(=O)N[C@@H]1c1ccc(OCC(=O)N/N=C\c2ccc(-c3ccc(Cl)cc3)o2)c(OC)c1. The third-order valence-electron chi connectivity index (χ3n) is 5.78. The molecule has 4 rings (SSSR count). The molecule has 0 bridgehead atoms. The van der Waals surface area contributed by atoms with Gasteiger partial charge in [-0.2, -0.15) is 5.10 Å². The second-order valence-corrected chi connectivity index (χ2v) is 8.93. The Balaban J connectivity index is 1.37. The highest BCUT2D eigenvalue weighted by atomic mass is 35.5. The number of methoxy groups -OCH3 is 1. The second kappa shape index (κ2) is 12.9. The Kier molecular flexibility index (Phi) is 9.07. The van der Waals surface area contributed by atoms with E-state index in [0.717, 1.165) is 5.56 Å². The fourth-order valence-corrected chi connectivity index (χ4v) is 4.07. The van der Waals surface area contributed by atoms with Gasteiger partial charge in [0, 0.05) is 16.3 Å². The molecule has 3 N–H and O–H groups in total. The lowest BCUT2D eigenvalue weighted by atomic mass is 9.95. The number of carbonyl (C=O) groups is 3. The average Bonchev–Trinajstić information content (AvgIpc) is 3.40. The molecule has 0 fully saturated rings. The van der Waals surface area contributed by atoms with Crippen LogP contribution in [0.15, 0.2) is 75.4 Å². The normalized spacial score (nSPS) is 14.9. The fraction of sp³-hybridized carbons (Fsp3) is 0.214. The van der Waals surface area contributed by atoms with Gasteiger partial charge in [0.1, 0.15) is 11.5 Å². The molecule has 3 aromatic rings. The predicted octanol–water partition coefficient (Wildman–Crippen LogP) is 4.33. The van der Waals surface area contributed by atoms with E-state index in [0.29, 0.717) is 33.6 Å². The Bertz CT molecular complexity index is 1460. The number of hydrogen-bond acceptors (Lipinski definition) is 8. The highest BCUT2D eigenvalue weighted by Crippen LogP contribution is 2.34. The standard InChI is InChI=1S/C28H27ClN4O7/c1-4-38-27(35)25-16(2)31-28(36)32-26(25)18-7-11-22(23(13-18)37-3)39-15-24(34)33-30-14-20-10-12-21(40-20)17-5-8-19(29)9-6-17/h5-14,26H,4,15H2,1-3H3,(H,33,34)(H2,31,32,36)/b30-14-/t26-/m1/s1. The molecule has 11 nitrogen and oxygen atoms in total. The third-order valence-corrected chi connectivity index (χ3v) is 6.03. The zero-order valence-electron chi connectivity index (χ0n) is 21.9. The van der Waals surface area contributed by atoms with Crippen molar-refractivity contribution in [2.75, 3.05) is 20.3 Å². The molecule has 0 spiro atoms. The molecular weight excluding hydrogens is 540 g/mol. The monoisotopic (exact) mass is 566 g/mol. The number of hydrazone groups is 1. The minimum absolute atomic E-state index is 0.185.